The number of carbonyl (C=O) groups is 1. The Balaban J connectivity index is 1.36. The van der Waals surface area contributed by atoms with Crippen LogP contribution in [0.4, 0.5) is 5.69 Å². The number of hydrogen-bond acceptors (Lipinski definition) is 3. The molecule has 0 saturated carbocycles. The molecule has 2 aromatic carbocycles. The zero-order chi connectivity index (χ0) is 19.7. The van der Waals surface area contributed by atoms with Gasteiger partial charge in [-0.25, -0.2) is 8.42 Å². The topological polar surface area (TPSA) is 62.1 Å². The van der Waals surface area contributed by atoms with E-state index in [4.69, 9.17) is 0 Å². The Morgan fingerprint density at radius 3 is 2.39 bits per heavy atom. The summed E-state index contributed by atoms with van der Waals surface area (Å²) in [5, 5.41) is 0. The third-order valence-corrected chi connectivity index (χ3v) is 7.59. The summed E-state index contributed by atoms with van der Waals surface area (Å²) in [5.74, 6) is 0.120. The van der Waals surface area contributed by atoms with Crippen molar-refractivity contribution in [3.8, 4) is 0 Å². The number of nitrogens with zero attached hydrogens (tertiary/aromatic N) is 2. The summed E-state index contributed by atoms with van der Waals surface area (Å²) in [6, 6.07) is 15.0. The van der Waals surface area contributed by atoms with E-state index in [-0.39, 0.29) is 5.91 Å². The van der Waals surface area contributed by atoms with Crippen LogP contribution < -0.4 is 9.80 Å². The summed E-state index contributed by atoms with van der Waals surface area (Å²) in [6.45, 7) is 5.25. The van der Waals surface area contributed by atoms with E-state index >= 15 is 0 Å². The predicted octanol–water partition coefficient (Wildman–Crippen LogP) is 0.474. The van der Waals surface area contributed by atoms with Crippen molar-refractivity contribution in [2.45, 2.75) is 18.2 Å². The zero-order valence-corrected chi connectivity index (χ0v) is 16.9. The molecular formula is C21H26N3O3S+. The minimum absolute atomic E-state index is 0.120. The van der Waals surface area contributed by atoms with Crippen LogP contribution in [0.25, 0.3) is 0 Å². The molecule has 28 heavy (non-hydrogen) atoms. The third kappa shape index (κ3) is 3.70. The van der Waals surface area contributed by atoms with Gasteiger partial charge in [0.15, 0.2) is 6.54 Å². The van der Waals surface area contributed by atoms with Crippen LogP contribution in [0, 0.1) is 6.92 Å². The first-order chi connectivity index (χ1) is 13.4. The van der Waals surface area contributed by atoms with Crippen molar-refractivity contribution in [3.63, 3.8) is 0 Å². The van der Waals surface area contributed by atoms with Gasteiger partial charge >= 0.3 is 0 Å². The average Bonchev–Trinajstić information content (AvgIpc) is 3.13. The molecule has 2 heterocycles. The maximum Gasteiger partial charge on any atom is 0.282 e. The number of para-hydroxylation sites is 1. The van der Waals surface area contributed by atoms with Crippen molar-refractivity contribution in [1.29, 1.82) is 0 Å². The monoisotopic (exact) mass is 400 g/mol. The zero-order valence-electron chi connectivity index (χ0n) is 16.1. The lowest BCUT2D eigenvalue weighted by Gasteiger charge is -2.32. The van der Waals surface area contributed by atoms with Crippen LogP contribution >= 0.6 is 0 Å². The fourth-order valence-corrected chi connectivity index (χ4v) is 5.43. The molecule has 1 amide bonds. The van der Waals surface area contributed by atoms with Crippen LogP contribution in [0.3, 0.4) is 0 Å². The quantitative estimate of drug-likeness (QED) is 0.812. The molecule has 1 N–H and O–H groups in total. The number of aryl methyl sites for hydroxylation is 1. The van der Waals surface area contributed by atoms with Crippen LogP contribution in [-0.4, -0.2) is 57.9 Å². The molecule has 148 valence electrons. The molecule has 1 fully saturated rings. The number of quaternary nitrogens is 1. The van der Waals surface area contributed by atoms with Gasteiger partial charge in [0.05, 0.1) is 31.1 Å². The first-order valence-corrected chi connectivity index (χ1v) is 11.2. The lowest BCUT2D eigenvalue weighted by Crippen LogP contribution is -3.15. The number of hydrogen-bond donors (Lipinski definition) is 1. The van der Waals surface area contributed by atoms with Crippen molar-refractivity contribution in [2.75, 3.05) is 44.2 Å². The van der Waals surface area contributed by atoms with Gasteiger partial charge in [-0.2, -0.15) is 4.31 Å². The van der Waals surface area contributed by atoms with Crippen LogP contribution in [0.5, 0.6) is 0 Å². The molecule has 0 aliphatic carbocycles. The first kappa shape index (κ1) is 19.1. The second-order valence-electron chi connectivity index (χ2n) is 7.57. The number of sulfonamides is 1. The Hall–Kier alpha value is -2.22. The number of carbonyl (C=O) groups excluding carboxylic acids is 1. The van der Waals surface area contributed by atoms with E-state index in [9.17, 15) is 13.2 Å². The maximum absolute atomic E-state index is 12.8. The van der Waals surface area contributed by atoms with Crippen molar-refractivity contribution in [3.05, 3.63) is 59.7 Å². The molecule has 2 aliphatic rings. The van der Waals surface area contributed by atoms with E-state index in [0.29, 0.717) is 37.6 Å². The number of amides is 1. The number of piperazine rings is 1. The minimum Gasteiger partial charge on any atom is -0.325 e. The SMILES string of the molecule is Cc1ccc(S(=O)(=O)N2CC[NH+](CC(=O)N3CCc4ccccc43)CC2)cc1. The molecule has 2 aliphatic heterocycles. The van der Waals surface area contributed by atoms with Gasteiger partial charge in [0.1, 0.15) is 0 Å². The van der Waals surface area contributed by atoms with Gasteiger partial charge in [-0.1, -0.05) is 35.9 Å². The molecule has 0 spiro atoms. The van der Waals surface area contributed by atoms with E-state index in [1.807, 2.05) is 42.2 Å². The molecule has 2 aromatic rings. The fourth-order valence-electron chi connectivity index (χ4n) is 3.99. The second kappa shape index (κ2) is 7.66. The Morgan fingerprint density at radius 1 is 1.00 bits per heavy atom. The molecule has 4 rings (SSSR count). The van der Waals surface area contributed by atoms with Crippen LogP contribution in [0.15, 0.2) is 53.4 Å². The predicted molar refractivity (Wildman–Crippen MR) is 108 cm³/mol. The van der Waals surface area contributed by atoms with Crippen molar-refractivity contribution in [2.24, 2.45) is 0 Å². The molecule has 0 bridgehead atoms. The lowest BCUT2D eigenvalue weighted by atomic mass is 10.2. The Morgan fingerprint density at radius 2 is 1.68 bits per heavy atom. The Bertz CT molecular complexity index is 965. The van der Waals surface area contributed by atoms with Gasteiger partial charge in [-0.3, -0.25) is 4.79 Å². The average molecular weight is 401 g/mol. The van der Waals surface area contributed by atoms with Crippen LogP contribution in [0.1, 0.15) is 11.1 Å². The smallest absolute Gasteiger partial charge is 0.282 e. The van der Waals surface area contributed by atoms with E-state index < -0.39 is 10.0 Å². The van der Waals surface area contributed by atoms with E-state index in [1.54, 1.807) is 12.1 Å². The standard InChI is InChI=1S/C21H25N3O3S/c1-17-6-8-19(9-7-17)28(26,27)23-14-12-22(13-15-23)16-21(25)24-11-10-18-4-2-3-5-20(18)24/h2-9H,10-16H2,1H3/p+1. The van der Waals surface area contributed by atoms with Gasteiger partial charge in [0.2, 0.25) is 10.0 Å². The number of fused-ring (bicyclic) bond motifs is 1. The van der Waals surface area contributed by atoms with Crippen molar-refractivity contribution < 1.29 is 18.1 Å². The second-order valence-corrected chi connectivity index (χ2v) is 9.51. The maximum atomic E-state index is 12.8. The van der Waals surface area contributed by atoms with Crippen molar-refractivity contribution in [1.82, 2.24) is 4.31 Å². The fraction of sp³-hybridized carbons (Fsp3) is 0.381. The molecule has 0 radical (unpaired) electrons. The first-order valence-electron chi connectivity index (χ1n) is 9.74. The van der Waals surface area contributed by atoms with Crippen molar-refractivity contribution >= 4 is 21.6 Å². The van der Waals surface area contributed by atoms with E-state index in [1.165, 1.54) is 9.87 Å². The molecule has 0 aromatic heterocycles. The molecule has 6 nitrogen and oxygen atoms in total. The third-order valence-electron chi connectivity index (χ3n) is 5.68. The van der Waals surface area contributed by atoms with Gasteiger partial charge in [0.25, 0.3) is 5.91 Å². The lowest BCUT2D eigenvalue weighted by molar-refractivity contribution is -0.895. The van der Waals surface area contributed by atoms with Crippen LogP contribution in [-0.2, 0) is 21.2 Å². The number of anilines is 1. The number of rotatable bonds is 4. The highest BCUT2D eigenvalue weighted by Gasteiger charge is 2.33. The van der Waals surface area contributed by atoms with E-state index in [0.717, 1.165) is 29.1 Å². The van der Waals surface area contributed by atoms with Crippen LogP contribution in [0.2, 0.25) is 0 Å². The highest BCUT2D eigenvalue weighted by atomic mass is 32.2. The summed E-state index contributed by atoms with van der Waals surface area (Å²) < 4.78 is 27.2. The summed E-state index contributed by atoms with van der Waals surface area (Å²) in [5.41, 5.74) is 3.28. The number of benzene rings is 2. The van der Waals surface area contributed by atoms with Gasteiger partial charge in [-0.15, -0.1) is 0 Å². The molecule has 0 atom stereocenters. The highest BCUT2D eigenvalue weighted by molar-refractivity contribution is 7.89. The molecule has 0 unspecified atom stereocenters. The summed E-state index contributed by atoms with van der Waals surface area (Å²) in [7, 11) is -3.46. The summed E-state index contributed by atoms with van der Waals surface area (Å²) in [6.07, 6.45) is 0.903. The van der Waals surface area contributed by atoms with E-state index in [2.05, 4.69) is 6.07 Å². The summed E-state index contributed by atoms with van der Waals surface area (Å²) >= 11 is 0. The van der Waals surface area contributed by atoms with Gasteiger partial charge in [-0.05, 0) is 37.1 Å². The minimum atomic E-state index is -3.46. The largest absolute Gasteiger partial charge is 0.325 e. The Kier molecular flexibility index (Phi) is 5.23. The molecule has 7 heteroatoms. The Labute approximate surface area is 166 Å². The number of nitrogens with one attached hydrogen (secondary N) is 1. The highest BCUT2D eigenvalue weighted by Crippen LogP contribution is 2.27. The van der Waals surface area contributed by atoms with Gasteiger partial charge in [0, 0.05) is 12.2 Å². The van der Waals surface area contributed by atoms with Gasteiger partial charge < -0.3 is 9.80 Å². The molecular weight excluding hydrogens is 374 g/mol. The molecule has 1 saturated heterocycles. The normalized spacial score (nSPS) is 18.2. The summed E-state index contributed by atoms with van der Waals surface area (Å²) in [4.78, 5) is 16.1.